The summed E-state index contributed by atoms with van der Waals surface area (Å²) in [6.07, 6.45) is 4.31. The second kappa shape index (κ2) is 3.90. The molecule has 2 heteroatoms. The lowest BCUT2D eigenvalue weighted by atomic mass is 9.70. The Bertz CT molecular complexity index is 99.4. The van der Waals surface area contributed by atoms with Gasteiger partial charge in [0.25, 0.3) is 0 Å². The van der Waals surface area contributed by atoms with Gasteiger partial charge in [-0.2, -0.15) is 0 Å². The highest BCUT2D eigenvalue weighted by Gasteiger charge is 2.30. The van der Waals surface area contributed by atoms with Crippen molar-refractivity contribution in [1.82, 2.24) is 5.32 Å². The van der Waals surface area contributed by atoms with Crippen molar-refractivity contribution in [3.05, 3.63) is 0 Å². The van der Waals surface area contributed by atoms with E-state index >= 15 is 0 Å². The monoisotopic (exact) mass is 253 g/mol. The topological polar surface area (TPSA) is 12.0 Å². The van der Waals surface area contributed by atoms with Crippen LogP contribution in [0.25, 0.3) is 0 Å². The molecule has 1 N–H and O–H groups in total. The predicted molar refractivity (Wildman–Crippen MR) is 53.7 cm³/mol. The first-order chi connectivity index (χ1) is 4.77. The largest absolute Gasteiger partial charge is 0.315 e. The third-order valence-corrected chi connectivity index (χ3v) is 2.92. The summed E-state index contributed by atoms with van der Waals surface area (Å²) < 4.78 is 1.23. The van der Waals surface area contributed by atoms with Crippen LogP contribution in [0.15, 0.2) is 0 Å². The lowest BCUT2D eigenvalue weighted by Gasteiger charge is -2.38. The summed E-state index contributed by atoms with van der Waals surface area (Å²) in [6.45, 7) is 4.79. The Kier molecular flexibility index (Phi) is 3.43. The number of halogens is 1. The minimum atomic E-state index is 0.659. The Morgan fingerprint density at radius 3 is 2.60 bits per heavy atom. The standard InChI is InChI=1S/C8H16IN/c1-8(3-2-4-8)7-10-6-5-9/h10H,2-7H2,1H3. The van der Waals surface area contributed by atoms with Crippen molar-refractivity contribution in [3.63, 3.8) is 0 Å². The van der Waals surface area contributed by atoms with Gasteiger partial charge < -0.3 is 5.32 Å². The molecule has 1 aliphatic carbocycles. The zero-order chi connectivity index (χ0) is 7.45. The molecule has 0 heterocycles. The molecule has 1 saturated carbocycles. The molecule has 1 nitrogen and oxygen atoms in total. The fraction of sp³-hybridized carbons (Fsp3) is 1.00. The zero-order valence-electron chi connectivity index (χ0n) is 6.62. The first-order valence-electron chi connectivity index (χ1n) is 4.04. The van der Waals surface area contributed by atoms with E-state index < -0.39 is 0 Å². The van der Waals surface area contributed by atoms with Crippen LogP contribution in [0.4, 0.5) is 0 Å². The fourth-order valence-electron chi connectivity index (χ4n) is 1.41. The minimum absolute atomic E-state index is 0.659. The summed E-state index contributed by atoms with van der Waals surface area (Å²) >= 11 is 2.41. The van der Waals surface area contributed by atoms with Crippen molar-refractivity contribution in [2.24, 2.45) is 5.41 Å². The van der Waals surface area contributed by atoms with Gasteiger partial charge in [0, 0.05) is 17.5 Å². The van der Waals surface area contributed by atoms with E-state index in [0.717, 1.165) is 0 Å². The van der Waals surface area contributed by atoms with Crippen LogP contribution in [-0.2, 0) is 0 Å². The molecule has 60 valence electrons. The van der Waals surface area contributed by atoms with Gasteiger partial charge in [-0.3, -0.25) is 0 Å². The van der Waals surface area contributed by atoms with Gasteiger partial charge in [-0.05, 0) is 18.3 Å². The van der Waals surface area contributed by atoms with Crippen LogP contribution in [0.5, 0.6) is 0 Å². The van der Waals surface area contributed by atoms with Gasteiger partial charge in [-0.25, -0.2) is 0 Å². The van der Waals surface area contributed by atoms with Gasteiger partial charge in [0.1, 0.15) is 0 Å². The molecule has 0 aromatic heterocycles. The summed E-state index contributed by atoms with van der Waals surface area (Å²) in [7, 11) is 0. The van der Waals surface area contributed by atoms with Crippen LogP contribution in [0.3, 0.4) is 0 Å². The predicted octanol–water partition coefficient (Wildman–Crippen LogP) is 2.20. The highest BCUT2D eigenvalue weighted by Crippen LogP contribution is 2.39. The Balaban J connectivity index is 2.01. The van der Waals surface area contributed by atoms with Crippen LogP contribution in [0.1, 0.15) is 26.2 Å². The molecule has 0 amide bonds. The Morgan fingerprint density at radius 1 is 1.50 bits per heavy atom. The van der Waals surface area contributed by atoms with Crippen molar-refractivity contribution in [2.75, 3.05) is 17.5 Å². The quantitative estimate of drug-likeness (QED) is 0.460. The lowest BCUT2D eigenvalue weighted by molar-refractivity contribution is 0.158. The Hall–Kier alpha value is 0.690. The Labute approximate surface area is 77.1 Å². The molecule has 0 saturated heterocycles. The minimum Gasteiger partial charge on any atom is -0.315 e. The van der Waals surface area contributed by atoms with Gasteiger partial charge >= 0.3 is 0 Å². The lowest BCUT2D eigenvalue weighted by Crippen LogP contribution is -2.37. The zero-order valence-corrected chi connectivity index (χ0v) is 8.78. The van der Waals surface area contributed by atoms with Gasteiger partial charge in [-0.1, -0.05) is 35.9 Å². The summed E-state index contributed by atoms with van der Waals surface area (Å²) in [5.41, 5.74) is 0.659. The summed E-state index contributed by atoms with van der Waals surface area (Å²) in [6, 6.07) is 0. The smallest absolute Gasteiger partial charge is 0.0121 e. The van der Waals surface area contributed by atoms with E-state index in [2.05, 4.69) is 34.8 Å². The van der Waals surface area contributed by atoms with Crippen molar-refractivity contribution < 1.29 is 0 Å². The molecule has 0 aromatic carbocycles. The number of hydrogen-bond donors (Lipinski definition) is 1. The number of alkyl halides is 1. The molecular formula is C8H16IN. The fourth-order valence-corrected chi connectivity index (χ4v) is 1.80. The van der Waals surface area contributed by atoms with Gasteiger partial charge in [0.2, 0.25) is 0 Å². The molecule has 1 fully saturated rings. The average molecular weight is 253 g/mol. The van der Waals surface area contributed by atoms with E-state index in [1.807, 2.05) is 0 Å². The maximum atomic E-state index is 3.47. The van der Waals surface area contributed by atoms with Crippen LogP contribution >= 0.6 is 22.6 Å². The molecule has 0 aliphatic heterocycles. The molecule has 10 heavy (non-hydrogen) atoms. The SMILES string of the molecule is CC1(CNCCI)CCC1. The summed E-state index contributed by atoms with van der Waals surface area (Å²) in [5, 5.41) is 3.47. The molecule has 0 bridgehead atoms. The number of hydrogen-bond acceptors (Lipinski definition) is 1. The molecule has 0 radical (unpaired) electrons. The summed E-state index contributed by atoms with van der Waals surface area (Å²) in [5.74, 6) is 0. The first-order valence-corrected chi connectivity index (χ1v) is 5.56. The third-order valence-electron chi connectivity index (χ3n) is 2.38. The Morgan fingerprint density at radius 2 is 2.20 bits per heavy atom. The molecule has 1 aliphatic rings. The number of nitrogens with one attached hydrogen (secondary N) is 1. The maximum Gasteiger partial charge on any atom is 0.0121 e. The van der Waals surface area contributed by atoms with Crippen LogP contribution in [0.2, 0.25) is 0 Å². The molecule has 1 rings (SSSR count). The second-order valence-corrected chi connectivity index (χ2v) is 4.61. The van der Waals surface area contributed by atoms with Crippen LogP contribution in [-0.4, -0.2) is 17.5 Å². The molecule has 0 aromatic rings. The van der Waals surface area contributed by atoms with E-state index in [0.29, 0.717) is 5.41 Å². The second-order valence-electron chi connectivity index (χ2n) is 3.53. The van der Waals surface area contributed by atoms with E-state index in [-0.39, 0.29) is 0 Å². The van der Waals surface area contributed by atoms with Crippen molar-refractivity contribution in [2.45, 2.75) is 26.2 Å². The van der Waals surface area contributed by atoms with E-state index in [1.54, 1.807) is 0 Å². The van der Waals surface area contributed by atoms with Crippen LogP contribution in [0, 0.1) is 5.41 Å². The van der Waals surface area contributed by atoms with Crippen LogP contribution < -0.4 is 5.32 Å². The van der Waals surface area contributed by atoms with Gasteiger partial charge in [0.05, 0.1) is 0 Å². The normalized spacial score (nSPS) is 22.2. The maximum absolute atomic E-state index is 3.47. The van der Waals surface area contributed by atoms with Crippen molar-refractivity contribution in [1.29, 1.82) is 0 Å². The van der Waals surface area contributed by atoms with E-state index in [9.17, 15) is 0 Å². The molecule has 0 spiro atoms. The van der Waals surface area contributed by atoms with Gasteiger partial charge in [0.15, 0.2) is 0 Å². The van der Waals surface area contributed by atoms with E-state index in [1.165, 1.54) is 36.8 Å². The third kappa shape index (κ3) is 2.38. The number of rotatable bonds is 4. The highest BCUT2D eigenvalue weighted by atomic mass is 127. The average Bonchev–Trinajstić information content (AvgIpc) is 1.85. The van der Waals surface area contributed by atoms with Crippen molar-refractivity contribution >= 4 is 22.6 Å². The van der Waals surface area contributed by atoms with E-state index in [4.69, 9.17) is 0 Å². The molecule has 0 atom stereocenters. The van der Waals surface area contributed by atoms with Crippen molar-refractivity contribution in [3.8, 4) is 0 Å². The first kappa shape index (κ1) is 8.78. The van der Waals surface area contributed by atoms with Gasteiger partial charge in [-0.15, -0.1) is 0 Å². The highest BCUT2D eigenvalue weighted by molar-refractivity contribution is 14.1. The molecule has 0 unspecified atom stereocenters. The molecular weight excluding hydrogens is 237 g/mol. The summed E-state index contributed by atoms with van der Waals surface area (Å²) in [4.78, 5) is 0.